The van der Waals surface area contributed by atoms with Crippen LogP contribution in [0.5, 0.6) is 0 Å². The molecular weight excluding hydrogens is 338 g/mol. The number of carbonyl (C=O) groups is 1. The summed E-state index contributed by atoms with van der Waals surface area (Å²) in [6.45, 7) is 2.77. The number of carbonyl (C=O) groups excluding carboxylic acids is 1. The normalized spacial score (nSPS) is 11.2. The van der Waals surface area contributed by atoms with Gasteiger partial charge in [-0.05, 0) is 36.8 Å². The van der Waals surface area contributed by atoms with E-state index in [9.17, 15) is 13.2 Å². The summed E-state index contributed by atoms with van der Waals surface area (Å²) in [6, 6.07) is 11.3. The smallest absolute Gasteiger partial charge is 0.251 e. The lowest BCUT2D eigenvalue weighted by atomic mass is 10.2. The summed E-state index contributed by atoms with van der Waals surface area (Å²) in [6.07, 6.45) is 4.64. The van der Waals surface area contributed by atoms with Gasteiger partial charge in [0.05, 0.1) is 17.1 Å². The van der Waals surface area contributed by atoms with Gasteiger partial charge in [-0.2, -0.15) is 0 Å². The van der Waals surface area contributed by atoms with Crippen LogP contribution in [-0.4, -0.2) is 25.9 Å². The average molecular weight is 361 g/mol. The first-order chi connectivity index (χ1) is 12.0. The lowest BCUT2D eigenvalue weighted by Crippen LogP contribution is -2.26. The number of sulfonamides is 1. The highest BCUT2D eigenvalue weighted by atomic mass is 32.2. The van der Waals surface area contributed by atoms with Crippen LogP contribution in [-0.2, 0) is 16.6 Å². The first kappa shape index (κ1) is 19.1. The maximum Gasteiger partial charge on any atom is 0.251 e. The second kappa shape index (κ2) is 9.29. The summed E-state index contributed by atoms with van der Waals surface area (Å²) in [4.78, 5) is 16.3. The van der Waals surface area contributed by atoms with Crippen LogP contribution in [0.25, 0.3) is 0 Å². The van der Waals surface area contributed by atoms with Gasteiger partial charge < -0.3 is 5.32 Å². The standard InChI is InChI=1S/C18H23N3O3S/c1-2-3-5-12-20-18(22)15-8-7-10-17(13-15)25(23,24)21-14-16-9-4-6-11-19-16/h4,6-11,13,21H,2-3,5,12,14H2,1H3,(H,20,22). The van der Waals surface area contributed by atoms with Crippen LogP contribution in [0.2, 0.25) is 0 Å². The Labute approximate surface area is 148 Å². The fraction of sp³-hybridized carbons (Fsp3) is 0.333. The van der Waals surface area contributed by atoms with Crippen molar-refractivity contribution in [1.82, 2.24) is 15.0 Å². The Morgan fingerprint density at radius 2 is 1.96 bits per heavy atom. The number of hydrogen-bond donors (Lipinski definition) is 2. The molecule has 0 unspecified atom stereocenters. The molecule has 1 amide bonds. The molecule has 1 heterocycles. The predicted molar refractivity (Wildman–Crippen MR) is 96.6 cm³/mol. The summed E-state index contributed by atoms with van der Waals surface area (Å²) in [5.41, 5.74) is 0.952. The summed E-state index contributed by atoms with van der Waals surface area (Å²) in [5, 5.41) is 2.81. The van der Waals surface area contributed by atoms with Crippen molar-refractivity contribution >= 4 is 15.9 Å². The number of nitrogens with one attached hydrogen (secondary N) is 2. The van der Waals surface area contributed by atoms with Gasteiger partial charge >= 0.3 is 0 Å². The monoisotopic (exact) mass is 361 g/mol. The van der Waals surface area contributed by atoms with Crippen LogP contribution in [0, 0.1) is 0 Å². The minimum absolute atomic E-state index is 0.0599. The molecule has 0 aliphatic rings. The van der Waals surface area contributed by atoms with Crippen molar-refractivity contribution in [2.45, 2.75) is 37.6 Å². The minimum Gasteiger partial charge on any atom is -0.352 e. The fourth-order valence-corrected chi connectivity index (χ4v) is 3.28. The number of nitrogens with zero attached hydrogens (tertiary/aromatic N) is 1. The van der Waals surface area contributed by atoms with Gasteiger partial charge in [-0.1, -0.05) is 31.9 Å². The van der Waals surface area contributed by atoms with Crippen LogP contribution >= 0.6 is 0 Å². The quantitative estimate of drug-likeness (QED) is 0.672. The third-order valence-electron chi connectivity index (χ3n) is 3.64. The Balaban J connectivity index is 2.02. The van der Waals surface area contributed by atoms with E-state index in [0.29, 0.717) is 17.8 Å². The molecule has 0 aliphatic carbocycles. The first-order valence-corrected chi connectivity index (χ1v) is 9.79. The van der Waals surface area contributed by atoms with Crippen LogP contribution in [0.1, 0.15) is 42.2 Å². The van der Waals surface area contributed by atoms with Gasteiger partial charge in [0.2, 0.25) is 10.0 Å². The molecule has 0 fully saturated rings. The van der Waals surface area contributed by atoms with Crippen molar-refractivity contribution in [3.8, 4) is 0 Å². The number of hydrogen-bond acceptors (Lipinski definition) is 4. The molecule has 0 saturated carbocycles. The molecule has 1 aromatic carbocycles. The Morgan fingerprint density at radius 1 is 1.12 bits per heavy atom. The first-order valence-electron chi connectivity index (χ1n) is 8.31. The zero-order valence-electron chi connectivity index (χ0n) is 14.2. The summed E-state index contributed by atoms with van der Waals surface area (Å²) < 4.78 is 27.3. The van der Waals surface area contributed by atoms with Crippen molar-refractivity contribution < 1.29 is 13.2 Å². The molecule has 0 atom stereocenters. The Morgan fingerprint density at radius 3 is 2.68 bits per heavy atom. The molecule has 1 aromatic heterocycles. The SMILES string of the molecule is CCCCCNC(=O)c1cccc(S(=O)(=O)NCc2ccccn2)c1. The van der Waals surface area contributed by atoms with E-state index in [4.69, 9.17) is 0 Å². The maximum atomic E-state index is 12.4. The van der Waals surface area contributed by atoms with Gasteiger partial charge in [-0.15, -0.1) is 0 Å². The third-order valence-corrected chi connectivity index (χ3v) is 5.04. The van der Waals surface area contributed by atoms with Crippen molar-refractivity contribution in [2.75, 3.05) is 6.54 Å². The number of rotatable bonds is 9. The molecule has 134 valence electrons. The lowest BCUT2D eigenvalue weighted by Gasteiger charge is -2.09. The van der Waals surface area contributed by atoms with E-state index in [1.807, 2.05) is 0 Å². The Bertz CT molecular complexity index is 792. The molecule has 6 nitrogen and oxygen atoms in total. The van der Waals surface area contributed by atoms with Crippen LogP contribution in [0.4, 0.5) is 0 Å². The third kappa shape index (κ3) is 5.95. The van der Waals surface area contributed by atoms with Gasteiger partial charge in [0.15, 0.2) is 0 Å². The number of benzene rings is 1. The molecule has 0 aliphatic heterocycles. The molecule has 2 rings (SSSR count). The number of pyridine rings is 1. The number of unbranched alkanes of at least 4 members (excludes halogenated alkanes) is 2. The van der Waals surface area contributed by atoms with Crippen LogP contribution in [0.3, 0.4) is 0 Å². The van der Waals surface area contributed by atoms with Crippen LogP contribution < -0.4 is 10.0 Å². The molecule has 2 N–H and O–H groups in total. The van der Waals surface area contributed by atoms with E-state index in [1.54, 1.807) is 36.5 Å². The summed E-state index contributed by atoms with van der Waals surface area (Å²) in [7, 11) is -3.71. The fourth-order valence-electron chi connectivity index (χ4n) is 2.24. The molecular formula is C18H23N3O3S. The molecule has 2 aromatic rings. The largest absolute Gasteiger partial charge is 0.352 e. The van der Waals surface area contributed by atoms with Gasteiger partial charge in [0.25, 0.3) is 5.91 Å². The van der Waals surface area contributed by atoms with E-state index < -0.39 is 10.0 Å². The van der Waals surface area contributed by atoms with E-state index >= 15 is 0 Å². The Hall–Kier alpha value is -2.25. The van der Waals surface area contributed by atoms with Gasteiger partial charge in [-0.3, -0.25) is 9.78 Å². The van der Waals surface area contributed by atoms with Gasteiger partial charge in [0, 0.05) is 18.3 Å². The molecule has 7 heteroatoms. The highest BCUT2D eigenvalue weighted by Crippen LogP contribution is 2.12. The maximum absolute atomic E-state index is 12.4. The van der Waals surface area contributed by atoms with Crippen molar-refractivity contribution in [3.63, 3.8) is 0 Å². The average Bonchev–Trinajstić information content (AvgIpc) is 2.64. The topological polar surface area (TPSA) is 88.2 Å². The molecule has 25 heavy (non-hydrogen) atoms. The molecule has 0 spiro atoms. The Kier molecular flexibility index (Phi) is 7.09. The van der Waals surface area contributed by atoms with Gasteiger partial charge in [0.1, 0.15) is 0 Å². The molecule has 0 saturated heterocycles. The highest BCUT2D eigenvalue weighted by Gasteiger charge is 2.16. The van der Waals surface area contributed by atoms with E-state index in [0.717, 1.165) is 19.3 Å². The zero-order valence-corrected chi connectivity index (χ0v) is 15.1. The number of amides is 1. The predicted octanol–water partition coefficient (Wildman–Crippen LogP) is 2.48. The summed E-state index contributed by atoms with van der Waals surface area (Å²) >= 11 is 0. The molecule has 0 bridgehead atoms. The highest BCUT2D eigenvalue weighted by molar-refractivity contribution is 7.89. The van der Waals surface area contributed by atoms with Gasteiger partial charge in [-0.25, -0.2) is 13.1 Å². The van der Waals surface area contributed by atoms with Crippen molar-refractivity contribution in [3.05, 3.63) is 59.9 Å². The van der Waals surface area contributed by atoms with E-state index in [2.05, 4.69) is 21.9 Å². The molecule has 0 radical (unpaired) electrons. The van der Waals surface area contributed by atoms with Crippen molar-refractivity contribution in [2.24, 2.45) is 0 Å². The van der Waals surface area contributed by atoms with Crippen LogP contribution in [0.15, 0.2) is 53.6 Å². The lowest BCUT2D eigenvalue weighted by molar-refractivity contribution is 0.0952. The second-order valence-electron chi connectivity index (χ2n) is 5.64. The second-order valence-corrected chi connectivity index (χ2v) is 7.40. The minimum atomic E-state index is -3.71. The van der Waals surface area contributed by atoms with E-state index in [-0.39, 0.29) is 17.3 Å². The number of aromatic nitrogens is 1. The summed E-state index contributed by atoms with van der Waals surface area (Å²) in [5.74, 6) is -0.266. The zero-order chi connectivity index (χ0) is 18.1. The van der Waals surface area contributed by atoms with E-state index in [1.165, 1.54) is 12.1 Å². The van der Waals surface area contributed by atoms with Crippen molar-refractivity contribution in [1.29, 1.82) is 0 Å².